The number of hydrogen-bond donors (Lipinski definition) is 0. The van der Waals surface area contributed by atoms with Crippen LogP contribution >= 0.6 is 0 Å². The summed E-state index contributed by atoms with van der Waals surface area (Å²) in [6, 6.07) is 0. The second kappa shape index (κ2) is 3.95. The third kappa shape index (κ3) is 2.12. The molecule has 1 heterocycles. The summed E-state index contributed by atoms with van der Waals surface area (Å²) < 4.78 is 38.3. The number of halogens is 1. The van der Waals surface area contributed by atoms with E-state index < -0.39 is 20.9 Å². The lowest BCUT2D eigenvalue weighted by atomic mass is 9.83. The number of hydrogen-bond acceptors (Lipinski definition) is 2. The van der Waals surface area contributed by atoms with Crippen molar-refractivity contribution in [2.24, 2.45) is 5.41 Å². The second-order valence-electron chi connectivity index (χ2n) is 6.01. The van der Waals surface area contributed by atoms with Crippen LogP contribution in [0.4, 0.5) is 4.39 Å². The van der Waals surface area contributed by atoms with Crippen LogP contribution < -0.4 is 0 Å². The summed E-state index contributed by atoms with van der Waals surface area (Å²) >= 11 is 0. The predicted molar refractivity (Wildman–Crippen MR) is 63.5 cm³/mol. The Balaban J connectivity index is 3.03. The molecular weight excluding hydrogens is 229 g/mol. The smallest absolute Gasteiger partial charge is 0.219 e. The van der Waals surface area contributed by atoms with Crippen LogP contribution in [0.25, 0.3) is 0 Å². The van der Waals surface area contributed by atoms with E-state index in [9.17, 15) is 12.8 Å². The minimum absolute atomic E-state index is 0.0157. The molecular formula is C11H22FNO2S. The van der Waals surface area contributed by atoms with Gasteiger partial charge < -0.3 is 0 Å². The van der Waals surface area contributed by atoms with E-state index >= 15 is 0 Å². The second-order valence-corrected chi connectivity index (χ2v) is 8.50. The number of alkyl halides is 1. The Labute approximate surface area is 98.1 Å². The Hall–Kier alpha value is -0.160. The molecule has 96 valence electrons. The van der Waals surface area contributed by atoms with Crippen molar-refractivity contribution in [1.82, 2.24) is 4.31 Å². The zero-order valence-corrected chi connectivity index (χ0v) is 11.6. The zero-order chi connectivity index (χ0) is 12.8. The molecule has 1 saturated heterocycles. The van der Waals surface area contributed by atoms with Gasteiger partial charge >= 0.3 is 0 Å². The molecule has 0 aromatic heterocycles. The molecule has 0 bridgehead atoms. The Morgan fingerprint density at radius 2 is 1.69 bits per heavy atom. The van der Waals surface area contributed by atoms with Crippen LogP contribution in [0.5, 0.6) is 0 Å². The molecule has 1 aliphatic rings. The standard InChI is InChI=1S/C11H22FNO2S/c1-10(2,3)11(4,5)16(14,15)13-7-6-9(12)8-13/h9H,6-8H2,1-5H3/t9-/m1/s1. The van der Waals surface area contributed by atoms with Gasteiger partial charge in [-0.1, -0.05) is 20.8 Å². The van der Waals surface area contributed by atoms with Crippen molar-refractivity contribution in [3.8, 4) is 0 Å². The first kappa shape index (κ1) is 13.9. The van der Waals surface area contributed by atoms with E-state index in [0.29, 0.717) is 13.0 Å². The van der Waals surface area contributed by atoms with Gasteiger partial charge in [-0.05, 0) is 25.7 Å². The van der Waals surface area contributed by atoms with Gasteiger partial charge in [0.15, 0.2) is 0 Å². The first-order valence-corrected chi connectivity index (χ1v) is 7.08. The summed E-state index contributed by atoms with van der Waals surface area (Å²) in [6.45, 7) is 9.45. The number of sulfonamides is 1. The van der Waals surface area contributed by atoms with E-state index in [2.05, 4.69) is 0 Å². The fraction of sp³-hybridized carbons (Fsp3) is 1.00. The summed E-state index contributed by atoms with van der Waals surface area (Å²) in [6.07, 6.45) is -0.690. The van der Waals surface area contributed by atoms with E-state index in [-0.39, 0.29) is 12.0 Å². The highest BCUT2D eigenvalue weighted by atomic mass is 32.2. The first-order valence-electron chi connectivity index (χ1n) is 5.64. The van der Waals surface area contributed by atoms with Crippen LogP contribution in [0.2, 0.25) is 0 Å². The SMILES string of the molecule is CC(C)(C)C(C)(C)S(=O)(=O)N1CC[C@@H](F)C1. The van der Waals surface area contributed by atoms with Crippen molar-refractivity contribution in [2.45, 2.75) is 52.0 Å². The monoisotopic (exact) mass is 251 g/mol. The minimum atomic E-state index is -3.44. The van der Waals surface area contributed by atoms with Crippen LogP contribution in [0, 0.1) is 5.41 Å². The van der Waals surface area contributed by atoms with E-state index in [1.165, 1.54) is 4.31 Å². The number of nitrogens with zero attached hydrogens (tertiary/aromatic N) is 1. The lowest BCUT2D eigenvalue weighted by molar-refractivity contribution is 0.281. The van der Waals surface area contributed by atoms with E-state index in [0.717, 1.165) is 0 Å². The molecule has 0 spiro atoms. The van der Waals surface area contributed by atoms with Crippen molar-refractivity contribution < 1.29 is 12.8 Å². The van der Waals surface area contributed by atoms with Crippen LogP contribution in [0.3, 0.4) is 0 Å². The fourth-order valence-electron chi connectivity index (χ4n) is 1.62. The topological polar surface area (TPSA) is 37.4 Å². The van der Waals surface area contributed by atoms with Crippen molar-refractivity contribution in [3.63, 3.8) is 0 Å². The Morgan fingerprint density at radius 3 is 2.00 bits per heavy atom. The van der Waals surface area contributed by atoms with Crippen molar-refractivity contribution in [1.29, 1.82) is 0 Å². The van der Waals surface area contributed by atoms with Gasteiger partial charge in [-0.2, -0.15) is 4.31 Å². The van der Waals surface area contributed by atoms with Crippen molar-refractivity contribution >= 4 is 10.0 Å². The molecule has 1 fully saturated rings. The van der Waals surface area contributed by atoms with Crippen LogP contribution in [0.15, 0.2) is 0 Å². The first-order chi connectivity index (χ1) is 7.00. The van der Waals surface area contributed by atoms with E-state index in [1.54, 1.807) is 13.8 Å². The highest BCUT2D eigenvalue weighted by Crippen LogP contribution is 2.39. The van der Waals surface area contributed by atoms with Gasteiger partial charge in [0, 0.05) is 13.1 Å². The molecule has 0 amide bonds. The Kier molecular flexibility index (Phi) is 3.43. The Bertz CT molecular complexity index is 357. The molecule has 0 N–H and O–H groups in total. The molecule has 1 aliphatic heterocycles. The summed E-state index contributed by atoms with van der Waals surface area (Å²) in [5.74, 6) is 0. The lowest BCUT2D eigenvalue weighted by Crippen LogP contribution is -2.51. The molecule has 3 nitrogen and oxygen atoms in total. The molecule has 0 aliphatic carbocycles. The highest BCUT2D eigenvalue weighted by molar-refractivity contribution is 7.90. The third-order valence-electron chi connectivity index (χ3n) is 3.88. The summed E-state index contributed by atoms with van der Waals surface area (Å²) in [4.78, 5) is 0. The molecule has 16 heavy (non-hydrogen) atoms. The molecule has 5 heteroatoms. The number of rotatable bonds is 2. The molecule has 0 unspecified atom stereocenters. The van der Waals surface area contributed by atoms with E-state index in [1.807, 2.05) is 20.8 Å². The average Bonchev–Trinajstić information content (AvgIpc) is 2.49. The van der Waals surface area contributed by atoms with Gasteiger partial charge in [0.2, 0.25) is 10.0 Å². The van der Waals surface area contributed by atoms with Crippen molar-refractivity contribution in [2.75, 3.05) is 13.1 Å². The Morgan fingerprint density at radius 1 is 1.19 bits per heavy atom. The van der Waals surface area contributed by atoms with Gasteiger partial charge in [-0.15, -0.1) is 0 Å². The lowest BCUT2D eigenvalue weighted by Gasteiger charge is -2.40. The van der Waals surface area contributed by atoms with Gasteiger partial charge in [0.25, 0.3) is 0 Å². The van der Waals surface area contributed by atoms with Crippen LogP contribution in [0.1, 0.15) is 41.0 Å². The minimum Gasteiger partial charge on any atom is -0.246 e. The molecule has 0 aromatic carbocycles. The predicted octanol–water partition coefficient (Wildman–Crippen LogP) is 2.18. The fourth-order valence-corrected chi connectivity index (χ4v) is 3.74. The summed E-state index contributed by atoms with van der Waals surface area (Å²) in [5, 5.41) is 0. The quantitative estimate of drug-likeness (QED) is 0.754. The average molecular weight is 251 g/mol. The molecule has 1 atom stereocenters. The van der Waals surface area contributed by atoms with Gasteiger partial charge in [-0.25, -0.2) is 12.8 Å². The van der Waals surface area contributed by atoms with Crippen LogP contribution in [-0.2, 0) is 10.0 Å². The summed E-state index contributed by atoms with van der Waals surface area (Å²) in [7, 11) is -3.44. The molecule has 1 rings (SSSR count). The maximum absolute atomic E-state index is 13.1. The van der Waals surface area contributed by atoms with Crippen LogP contribution in [-0.4, -0.2) is 36.7 Å². The van der Waals surface area contributed by atoms with E-state index in [4.69, 9.17) is 0 Å². The maximum atomic E-state index is 13.1. The molecule has 0 radical (unpaired) electrons. The van der Waals surface area contributed by atoms with Gasteiger partial charge in [-0.3, -0.25) is 0 Å². The largest absolute Gasteiger partial charge is 0.246 e. The summed E-state index contributed by atoms with van der Waals surface area (Å²) in [5.41, 5.74) is -0.375. The maximum Gasteiger partial charge on any atom is 0.219 e. The van der Waals surface area contributed by atoms with Gasteiger partial charge in [0.1, 0.15) is 6.17 Å². The molecule has 0 aromatic rings. The zero-order valence-electron chi connectivity index (χ0n) is 10.7. The third-order valence-corrected chi connectivity index (χ3v) is 6.80. The molecule has 0 saturated carbocycles. The van der Waals surface area contributed by atoms with Crippen molar-refractivity contribution in [3.05, 3.63) is 0 Å². The van der Waals surface area contributed by atoms with Gasteiger partial charge in [0.05, 0.1) is 4.75 Å². The highest BCUT2D eigenvalue weighted by Gasteiger charge is 2.49. The normalized spacial score (nSPS) is 25.0.